The van der Waals surface area contributed by atoms with Crippen molar-refractivity contribution in [2.24, 2.45) is 0 Å². The van der Waals surface area contributed by atoms with E-state index in [1.54, 1.807) is 18.4 Å². The lowest BCUT2D eigenvalue weighted by Crippen LogP contribution is -2.38. The lowest BCUT2D eigenvalue weighted by Gasteiger charge is -2.11. The molecule has 1 aromatic rings. The van der Waals surface area contributed by atoms with Crippen LogP contribution in [0.1, 0.15) is 12.7 Å². The number of aliphatic hydroxyl groups excluding tert-OH is 1. The van der Waals surface area contributed by atoms with E-state index in [-0.39, 0.29) is 19.1 Å². The lowest BCUT2D eigenvalue weighted by molar-refractivity contribution is -0.120. The van der Waals surface area contributed by atoms with Gasteiger partial charge in [-0.05, 0) is 19.1 Å². The Bertz CT molecular complexity index is 327. The van der Waals surface area contributed by atoms with Crippen molar-refractivity contribution in [3.05, 3.63) is 24.2 Å². The number of amides is 1. The minimum Gasteiger partial charge on any atom is -0.467 e. The number of furan rings is 1. The van der Waals surface area contributed by atoms with Gasteiger partial charge >= 0.3 is 0 Å². The van der Waals surface area contributed by atoms with Gasteiger partial charge in [0.1, 0.15) is 12.4 Å². The minimum atomic E-state index is -0.644. The maximum atomic E-state index is 11.1. The summed E-state index contributed by atoms with van der Waals surface area (Å²) in [7, 11) is 0. The fraction of sp³-hybridized carbons (Fsp3) is 0.583. The van der Waals surface area contributed by atoms with Crippen molar-refractivity contribution < 1.29 is 19.1 Å². The van der Waals surface area contributed by atoms with Crippen molar-refractivity contribution in [1.29, 1.82) is 0 Å². The van der Waals surface area contributed by atoms with Gasteiger partial charge in [-0.3, -0.25) is 4.79 Å². The molecular formula is C12H20N2O4. The van der Waals surface area contributed by atoms with Gasteiger partial charge in [0.2, 0.25) is 5.91 Å². The molecule has 0 aromatic carbocycles. The van der Waals surface area contributed by atoms with Gasteiger partial charge in [-0.15, -0.1) is 0 Å². The summed E-state index contributed by atoms with van der Waals surface area (Å²) in [6.07, 6.45) is 0.928. The Morgan fingerprint density at radius 2 is 2.44 bits per heavy atom. The van der Waals surface area contributed by atoms with Crippen LogP contribution in [0, 0.1) is 0 Å². The molecule has 0 saturated heterocycles. The molecule has 1 amide bonds. The van der Waals surface area contributed by atoms with E-state index in [1.165, 1.54) is 0 Å². The summed E-state index contributed by atoms with van der Waals surface area (Å²) in [5.74, 6) is 0.638. The van der Waals surface area contributed by atoms with Crippen molar-refractivity contribution in [2.45, 2.75) is 19.6 Å². The summed E-state index contributed by atoms with van der Waals surface area (Å²) >= 11 is 0. The van der Waals surface area contributed by atoms with Crippen LogP contribution in [0.5, 0.6) is 0 Å². The van der Waals surface area contributed by atoms with Crippen molar-refractivity contribution >= 4 is 5.91 Å². The molecule has 6 heteroatoms. The second-order valence-electron chi connectivity index (χ2n) is 3.83. The Morgan fingerprint density at radius 1 is 1.61 bits per heavy atom. The predicted octanol–water partition coefficient (Wildman–Crippen LogP) is -0.117. The molecule has 102 valence electrons. The molecule has 1 rings (SSSR count). The van der Waals surface area contributed by atoms with E-state index in [9.17, 15) is 9.90 Å². The molecule has 0 aliphatic carbocycles. The standard InChI is InChI=1S/C12H20N2O4/c1-2-14-12(16)7-13-6-10(15)8-17-9-11-4-3-5-18-11/h3-5,10,13,15H,2,6-9H2,1H3,(H,14,16). The molecule has 0 bridgehead atoms. The molecule has 0 saturated carbocycles. The highest BCUT2D eigenvalue weighted by molar-refractivity contribution is 5.77. The first-order valence-electron chi connectivity index (χ1n) is 5.98. The largest absolute Gasteiger partial charge is 0.467 e. The number of nitrogens with one attached hydrogen (secondary N) is 2. The van der Waals surface area contributed by atoms with Crippen LogP contribution >= 0.6 is 0 Å². The maximum Gasteiger partial charge on any atom is 0.233 e. The predicted molar refractivity (Wildman–Crippen MR) is 65.9 cm³/mol. The minimum absolute atomic E-state index is 0.0822. The highest BCUT2D eigenvalue weighted by Gasteiger charge is 2.06. The number of rotatable bonds is 9. The fourth-order valence-electron chi connectivity index (χ4n) is 1.36. The van der Waals surface area contributed by atoms with Crippen LogP contribution in [0.15, 0.2) is 22.8 Å². The van der Waals surface area contributed by atoms with E-state index in [4.69, 9.17) is 9.15 Å². The van der Waals surface area contributed by atoms with Crippen molar-refractivity contribution in [2.75, 3.05) is 26.2 Å². The Morgan fingerprint density at radius 3 is 3.11 bits per heavy atom. The molecule has 0 spiro atoms. The first kappa shape index (κ1) is 14.7. The first-order valence-corrected chi connectivity index (χ1v) is 5.98. The van der Waals surface area contributed by atoms with Gasteiger partial charge in [-0.2, -0.15) is 0 Å². The van der Waals surface area contributed by atoms with Crippen LogP contribution in [-0.4, -0.2) is 43.4 Å². The summed E-state index contributed by atoms with van der Waals surface area (Å²) in [4.78, 5) is 11.1. The summed E-state index contributed by atoms with van der Waals surface area (Å²) in [5, 5.41) is 15.1. The van der Waals surface area contributed by atoms with Crippen molar-refractivity contribution in [1.82, 2.24) is 10.6 Å². The molecular weight excluding hydrogens is 236 g/mol. The molecule has 6 nitrogen and oxygen atoms in total. The summed E-state index contributed by atoms with van der Waals surface area (Å²) in [5.41, 5.74) is 0. The quantitative estimate of drug-likeness (QED) is 0.574. The smallest absolute Gasteiger partial charge is 0.233 e. The normalized spacial score (nSPS) is 12.3. The van der Waals surface area contributed by atoms with Crippen LogP contribution in [-0.2, 0) is 16.1 Å². The zero-order valence-corrected chi connectivity index (χ0v) is 10.5. The van der Waals surface area contributed by atoms with Crippen LogP contribution < -0.4 is 10.6 Å². The Labute approximate surface area is 106 Å². The molecule has 1 unspecified atom stereocenters. The van der Waals surface area contributed by atoms with Crippen LogP contribution in [0.2, 0.25) is 0 Å². The van der Waals surface area contributed by atoms with Crippen molar-refractivity contribution in [3.8, 4) is 0 Å². The lowest BCUT2D eigenvalue weighted by atomic mass is 10.3. The molecule has 18 heavy (non-hydrogen) atoms. The maximum absolute atomic E-state index is 11.1. The molecule has 0 radical (unpaired) electrons. The second kappa shape index (κ2) is 8.68. The number of carbonyl (C=O) groups excluding carboxylic acids is 1. The number of ether oxygens (including phenoxy) is 1. The third kappa shape index (κ3) is 6.39. The van der Waals surface area contributed by atoms with Crippen LogP contribution in [0.3, 0.4) is 0 Å². The second-order valence-corrected chi connectivity index (χ2v) is 3.83. The molecule has 0 aliphatic heterocycles. The fourth-order valence-corrected chi connectivity index (χ4v) is 1.36. The number of likely N-dealkylation sites (N-methyl/N-ethyl adjacent to an activating group) is 1. The highest BCUT2D eigenvalue weighted by atomic mass is 16.5. The first-order chi connectivity index (χ1) is 8.72. The molecule has 0 aliphatic rings. The van der Waals surface area contributed by atoms with Gasteiger partial charge in [-0.25, -0.2) is 0 Å². The highest BCUT2D eigenvalue weighted by Crippen LogP contribution is 2.01. The molecule has 0 fully saturated rings. The van der Waals surface area contributed by atoms with Gasteiger partial charge < -0.3 is 24.9 Å². The zero-order chi connectivity index (χ0) is 13.2. The van der Waals surface area contributed by atoms with E-state index in [1.807, 2.05) is 6.92 Å². The number of hydrogen-bond donors (Lipinski definition) is 3. The van der Waals surface area contributed by atoms with Crippen LogP contribution in [0.4, 0.5) is 0 Å². The van der Waals surface area contributed by atoms with Crippen molar-refractivity contribution in [3.63, 3.8) is 0 Å². The Kier molecular flexibility index (Phi) is 7.09. The average molecular weight is 256 g/mol. The van der Waals surface area contributed by atoms with E-state index in [0.717, 1.165) is 5.76 Å². The molecule has 1 atom stereocenters. The summed E-state index contributed by atoms with van der Waals surface area (Å²) in [6.45, 7) is 3.51. The van der Waals surface area contributed by atoms with Gasteiger partial charge in [0.05, 0.1) is 25.5 Å². The number of aliphatic hydroxyl groups is 1. The third-order valence-corrected chi connectivity index (χ3v) is 2.17. The molecule has 1 aromatic heterocycles. The molecule has 3 N–H and O–H groups in total. The van der Waals surface area contributed by atoms with Gasteiger partial charge in [0.25, 0.3) is 0 Å². The monoisotopic (exact) mass is 256 g/mol. The van der Waals surface area contributed by atoms with Gasteiger partial charge in [-0.1, -0.05) is 0 Å². The van der Waals surface area contributed by atoms with Gasteiger partial charge in [0.15, 0.2) is 0 Å². The van der Waals surface area contributed by atoms with E-state index < -0.39 is 6.10 Å². The van der Waals surface area contributed by atoms with E-state index in [0.29, 0.717) is 19.7 Å². The summed E-state index contributed by atoms with van der Waals surface area (Å²) in [6, 6.07) is 3.59. The van der Waals surface area contributed by atoms with Gasteiger partial charge in [0, 0.05) is 13.1 Å². The third-order valence-electron chi connectivity index (χ3n) is 2.17. The average Bonchev–Trinajstić information content (AvgIpc) is 2.82. The Balaban J connectivity index is 2.00. The number of carbonyl (C=O) groups is 1. The molecule has 1 heterocycles. The van der Waals surface area contributed by atoms with E-state index in [2.05, 4.69) is 10.6 Å². The van der Waals surface area contributed by atoms with E-state index >= 15 is 0 Å². The summed E-state index contributed by atoms with van der Waals surface area (Å²) < 4.78 is 10.3. The SMILES string of the molecule is CCNC(=O)CNCC(O)COCc1ccco1. The Hall–Kier alpha value is -1.37. The number of hydrogen-bond acceptors (Lipinski definition) is 5. The van der Waals surface area contributed by atoms with Crippen LogP contribution in [0.25, 0.3) is 0 Å². The zero-order valence-electron chi connectivity index (χ0n) is 10.5. The topological polar surface area (TPSA) is 83.7 Å².